The number of carbonyl (C=O) groups is 1. The molecule has 1 aliphatic heterocycles. The van der Waals surface area contributed by atoms with Gasteiger partial charge in [-0.25, -0.2) is 9.97 Å². The number of benzene rings is 1. The zero-order chi connectivity index (χ0) is 15.8. The number of amides is 1. The first-order chi connectivity index (χ1) is 11.2. The molecule has 4 rings (SSSR count). The molecule has 7 heteroatoms. The number of ether oxygens (including phenoxy) is 2. The molecule has 1 aromatic carbocycles. The quantitative estimate of drug-likeness (QED) is 0.901. The van der Waals surface area contributed by atoms with Crippen molar-refractivity contribution in [2.24, 2.45) is 0 Å². The van der Waals surface area contributed by atoms with Crippen molar-refractivity contribution in [2.45, 2.75) is 25.8 Å². The third kappa shape index (κ3) is 3.03. The Morgan fingerprint density at radius 3 is 2.83 bits per heavy atom. The van der Waals surface area contributed by atoms with Gasteiger partial charge in [-0.3, -0.25) is 4.79 Å². The molecule has 0 spiro atoms. The highest BCUT2D eigenvalue weighted by Gasteiger charge is 2.23. The smallest absolute Gasteiger partial charge is 0.274 e. The van der Waals surface area contributed by atoms with Crippen LogP contribution in [0.3, 0.4) is 0 Å². The van der Waals surface area contributed by atoms with E-state index in [2.05, 4.69) is 20.6 Å². The van der Waals surface area contributed by atoms with Crippen LogP contribution in [-0.2, 0) is 0 Å². The highest BCUT2D eigenvalue weighted by atomic mass is 16.7. The Morgan fingerprint density at radius 2 is 2.00 bits per heavy atom. The Morgan fingerprint density at radius 1 is 1.17 bits per heavy atom. The summed E-state index contributed by atoms with van der Waals surface area (Å²) in [6.07, 6.45) is 2.24. The molecular weight excluding hydrogens is 296 g/mol. The van der Waals surface area contributed by atoms with E-state index in [4.69, 9.17) is 9.47 Å². The Kier molecular flexibility index (Phi) is 3.25. The van der Waals surface area contributed by atoms with Crippen LogP contribution in [0.15, 0.2) is 24.3 Å². The van der Waals surface area contributed by atoms with Crippen LogP contribution >= 0.6 is 0 Å². The Bertz CT molecular complexity index is 774. The van der Waals surface area contributed by atoms with Crippen LogP contribution in [0.5, 0.6) is 11.5 Å². The third-order valence-electron chi connectivity index (χ3n) is 3.63. The molecule has 0 unspecified atom stereocenters. The van der Waals surface area contributed by atoms with E-state index in [1.54, 1.807) is 24.3 Å². The van der Waals surface area contributed by atoms with Crippen molar-refractivity contribution >= 4 is 17.5 Å². The maximum absolute atomic E-state index is 12.4. The van der Waals surface area contributed by atoms with Crippen LogP contribution in [-0.4, -0.2) is 28.7 Å². The average molecular weight is 312 g/mol. The molecule has 0 bridgehead atoms. The van der Waals surface area contributed by atoms with Gasteiger partial charge in [-0.1, -0.05) is 0 Å². The normalized spacial score (nSPS) is 15.3. The van der Waals surface area contributed by atoms with Crippen LogP contribution in [0.25, 0.3) is 0 Å². The number of aryl methyl sites for hydroxylation is 1. The molecule has 1 saturated carbocycles. The summed E-state index contributed by atoms with van der Waals surface area (Å²) in [7, 11) is 0. The molecule has 1 aromatic heterocycles. The average Bonchev–Trinajstić information content (AvgIpc) is 3.21. The minimum absolute atomic E-state index is 0.202. The van der Waals surface area contributed by atoms with Gasteiger partial charge in [-0.05, 0) is 38.0 Å². The van der Waals surface area contributed by atoms with Crippen LogP contribution in [0.1, 0.15) is 29.0 Å². The highest BCUT2D eigenvalue weighted by Crippen LogP contribution is 2.34. The van der Waals surface area contributed by atoms with Crippen LogP contribution in [0.2, 0.25) is 0 Å². The predicted octanol–water partition coefficient (Wildman–Crippen LogP) is 2.34. The van der Waals surface area contributed by atoms with Gasteiger partial charge in [0.05, 0.1) is 0 Å². The second kappa shape index (κ2) is 5.42. The molecule has 0 saturated heterocycles. The third-order valence-corrected chi connectivity index (χ3v) is 3.63. The molecule has 1 aliphatic carbocycles. The van der Waals surface area contributed by atoms with Crippen LogP contribution < -0.4 is 20.1 Å². The monoisotopic (exact) mass is 312 g/mol. The highest BCUT2D eigenvalue weighted by molar-refractivity contribution is 6.03. The molecule has 2 heterocycles. The molecule has 23 heavy (non-hydrogen) atoms. The number of aromatic nitrogens is 2. The first kappa shape index (κ1) is 13.8. The van der Waals surface area contributed by atoms with E-state index in [0.717, 1.165) is 18.5 Å². The van der Waals surface area contributed by atoms with Gasteiger partial charge in [0.1, 0.15) is 5.69 Å². The summed E-state index contributed by atoms with van der Waals surface area (Å²) in [5.74, 6) is 1.52. The number of fused-ring (bicyclic) bond motifs is 1. The second-order valence-corrected chi connectivity index (χ2v) is 5.66. The van der Waals surface area contributed by atoms with Crippen molar-refractivity contribution in [3.63, 3.8) is 0 Å². The van der Waals surface area contributed by atoms with Gasteiger partial charge in [0.25, 0.3) is 5.91 Å². The molecule has 118 valence electrons. The number of hydrogen-bond donors (Lipinski definition) is 2. The Hall–Kier alpha value is -2.83. The lowest BCUT2D eigenvalue weighted by atomic mass is 10.2. The lowest BCUT2D eigenvalue weighted by Crippen LogP contribution is -2.16. The molecule has 1 fully saturated rings. The minimum Gasteiger partial charge on any atom is -0.454 e. The topological polar surface area (TPSA) is 85.4 Å². The molecule has 2 aliphatic rings. The summed E-state index contributed by atoms with van der Waals surface area (Å²) in [6, 6.07) is 7.37. The molecular formula is C16H16N4O3. The summed E-state index contributed by atoms with van der Waals surface area (Å²) in [5, 5.41) is 6.03. The number of rotatable bonds is 4. The van der Waals surface area contributed by atoms with Crippen molar-refractivity contribution in [3.05, 3.63) is 35.7 Å². The number of carbonyl (C=O) groups excluding carboxylic acids is 1. The van der Waals surface area contributed by atoms with Crippen molar-refractivity contribution < 1.29 is 14.3 Å². The van der Waals surface area contributed by atoms with E-state index < -0.39 is 0 Å². The second-order valence-electron chi connectivity index (χ2n) is 5.66. The van der Waals surface area contributed by atoms with Gasteiger partial charge in [-0.15, -0.1) is 0 Å². The van der Waals surface area contributed by atoms with Crippen molar-refractivity contribution in [1.82, 2.24) is 9.97 Å². The molecule has 0 radical (unpaired) electrons. The Balaban J connectivity index is 1.53. The molecule has 7 nitrogen and oxygen atoms in total. The molecule has 2 aromatic rings. The van der Waals surface area contributed by atoms with Crippen molar-refractivity contribution in [3.8, 4) is 11.5 Å². The maximum Gasteiger partial charge on any atom is 0.274 e. The lowest BCUT2D eigenvalue weighted by Gasteiger charge is -2.08. The van der Waals surface area contributed by atoms with Gasteiger partial charge in [0, 0.05) is 23.5 Å². The van der Waals surface area contributed by atoms with Gasteiger partial charge in [0.2, 0.25) is 12.7 Å². The fourth-order valence-corrected chi connectivity index (χ4v) is 2.33. The van der Waals surface area contributed by atoms with Gasteiger partial charge < -0.3 is 20.1 Å². The summed E-state index contributed by atoms with van der Waals surface area (Å²) >= 11 is 0. The lowest BCUT2D eigenvalue weighted by molar-refractivity contribution is 0.102. The number of anilines is 2. The summed E-state index contributed by atoms with van der Waals surface area (Å²) in [4.78, 5) is 21.0. The minimum atomic E-state index is -0.284. The standard InChI is InChI=1S/C16H16N4O3/c1-9-6-12(20-16(17-9)19-10-2-3-10)15(21)18-11-4-5-13-14(7-11)23-8-22-13/h4-7,10H,2-3,8H2,1H3,(H,18,21)(H,17,19,20). The van der Waals surface area contributed by atoms with E-state index in [-0.39, 0.29) is 12.7 Å². The Labute approximate surface area is 133 Å². The van der Waals surface area contributed by atoms with Crippen LogP contribution in [0.4, 0.5) is 11.6 Å². The van der Waals surface area contributed by atoms with Crippen LogP contribution in [0, 0.1) is 6.92 Å². The predicted molar refractivity (Wildman–Crippen MR) is 83.9 cm³/mol. The molecule has 1 amide bonds. The van der Waals surface area contributed by atoms with Gasteiger partial charge in [-0.2, -0.15) is 0 Å². The van der Waals surface area contributed by atoms with E-state index in [9.17, 15) is 4.79 Å². The summed E-state index contributed by atoms with van der Waals surface area (Å²) in [6.45, 7) is 2.05. The van der Waals surface area contributed by atoms with E-state index in [1.807, 2.05) is 6.92 Å². The van der Waals surface area contributed by atoms with Crippen molar-refractivity contribution in [1.29, 1.82) is 0 Å². The SMILES string of the molecule is Cc1cc(C(=O)Nc2ccc3c(c2)OCO3)nc(NC2CC2)n1. The number of hydrogen-bond acceptors (Lipinski definition) is 6. The molecule has 0 atom stereocenters. The zero-order valence-corrected chi connectivity index (χ0v) is 12.6. The number of nitrogens with one attached hydrogen (secondary N) is 2. The fourth-order valence-electron chi connectivity index (χ4n) is 2.33. The van der Waals surface area contributed by atoms with Crippen molar-refractivity contribution in [2.75, 3.05) is 17.4 Å². The molecule has 2 N–H and O–H groups in total. The zero-order valence-electron chi connectivity index (χ0n) is 12.6. The number of nitrogens with zero attached hydrogens (tertiary/aromatic N) is 2. The fraction of sp³-hybridized carbons (Fsp3) is 0.312. The van der Waals surface area contributed by atoms with E-state index >= 15 is 0 Å². The van der Waals surface area contributed by atoms with E-state index in [0.29, 0.717) is 34.9 Å². The first-order valence-corrected chi connectivity index (χ1v) is 7.50. The largest absolute Gasteiger partial charge is 0.454 e. The maximum atomic E-state index is 12.4. The van der Waals surface area contributed by atoms with Gasteiger partial charge >= 0.3 is 0 Å². The van der Waals surface area contributed by atoms with Gasteiger partial charge in [0.15, 0.2) is 11.5 Å². The summed E-state index contributed by atoms with van der Waals surface area (Å²) < 4.78 is 10.6. The first-order valence-electron chi connectivity index (χ1n) is 7.50. The van der Waals surface area contributed by atoms with E-state index in [1.165, 1.54) is 0 Å². The summed E-state index contributed by atoms with van der Waals surface area (Å²) in [5.41, 5.74) is 1.71.